The van der Waals surface area contributed by atoms with Gasteiger partial charge >= 0.3 is 0 Å². The molecule has 1 radical (unpaired) electrons. The van der Waals surface area contributed by atoms with Crippen LogP contribution in [0.3, 0.4) is 0 Å². The van der Waals surface area contributed by atoms with E-state index in [-0.39, 0.29) is 0 Å². The maximum atomic E-state index is 13.4. The van der Waals surface area contributed by atoms with Crippen LogP contribution in [0.15, 0.2) is 66.2 Å². The van der Waals surface area contributed by atoms with E-state index < -0.39 is 11.1 Å². The first-order valence-corrected chi connectivity index (χ1v) is 9.35. The Balaban J connectivity index is 2.29. The number of hydroxylamine groups is 2. The minimum absolute atomic E-state index is 0.563. The van der Waals surface area contributed by atoms with E-state index in [1.807, 2.05) is 50.2 Å². The maximum Gasteiger partial charge on any atom is 0.0947 e. The molecule has 0 fully saturated rings. The van der Waals surface area contributed by atoms with Crippen LogP contribution in [0, 0.1) is 0 Å². The Morgan fingerprint density at radius 3 is 1.96 bits per heavy atom. The molecule has 1 heterocycles. The van der Waals surface area contributed by atoms with Crippen LogP contribution in [-0.2, 0) is 10.7 Å². The Morgan fingerprint density at radius 2 is 1.43 bits per heavy atom. The van der Waals surface area contributed by atoms with Crippen LogP contribution in [0.1, 0.15) is 31.9 Å². The van der Waals surface area contributed by atoms with E-state index >= 15 is 0 Å². The molecule has 2 aromatic rings. The molecule has 0 aliphatic carbocycles. The molecule has 0 bridgehead atoms. The number of hydrogen-bond acceptors (Lipinski definition) is 1. The Morgan fingerprint density at radius 1 is 0.913 bits per heavy atom. The lowest BCUT2D eigenvalue weighted by atomic mass is 9.83. The molecule has 23 heavy (non-hydrogen) atoms. The van der Waals surface area contributed by atoms with Crippen LogP contribution < -0.4 is 0 Å². The second-order valence-corrected chi connectivity index (χ2v) is 7.41. The zero-order valence-electron chi connectivity index (χ0n) is 13.7. The highest BCUT2D eigenvalue weighted by Crippen LogP contribution is 2.53. The second-order valence-electron chi connectivity index (χ2n) is 6.64. The average Bonchev–Trinajstić information content (AvgIpc) is 2.74. The molecule has 3 rings (SSSR count). The first-order valence-electron chi connectivity index (χ1n) is 7.82. The van der Waals surface area contributed by atoms with Crippen molar-refractivity contribution >= 4 is 28.2 Å². The van der Waals surface area contributed by atoms with Crippen molar-refractivity contribution in [1.82, 2.24) is 5.06 Å². The summed E-state index contributed by atoms with van der Waals surface area (Å²) in [5, 5.41) is 14.7. The van der Waals surface area contributed by atoms with Crippen LogP contribution in [0.25, 0.3) is 5.57 Å². The van der Waals surface area contributed by atoms with Gasteiger partial charge in [-0.3, -0.25) is 0 Å². The number of nitrogens with zero attached hydrogens (tertiary/aromatic N) is 1. The average molecular weight is 418 g/mol. The minimum Gasteiger partial charge on any atom is -0.131 e. The van der Waals surface area contributed by atoms with Crippen LogP contribution in [0.5, 0.6) is 0 Å². The van der Waals surface area contributed by atoms with Crippen molar-refractivity contribution in [1.29, 1.82) is 0 Å². The molecule has 0 aromatic heterocycles. The van der Waals surface area contributed by atoms with E-state index in [1.54, 1.807) is 0 Å². The smallest absolute Gasteiger partial charge is 0.0947 e. The van der Waals surface area contributed by atoms with Gasteiger partial charge in [0.2, 0.25) is 0 Å². The summed E-state index contributed by atoms with van der Waals surface area (Å²) in [6.45, 7) is 6.12. The van der Waals surface area contributed by atoms with Gasteiger partial charge in [0.05, 0.1) is 11.1 Å². The van der Waals surface area contributed by atoms with Crippen LogP contribution in [0.4, 0.5) is 0 Å². The maximum absolute atomic E-state index is 13.4. The molecule has 119 valence electrons. The summed E-state index contributed by atoms with van der Waals surface area (Å²) in [6.07, 6.45) is 0. The van der Waals surface area contributed by atoms with Crippen molar-refractivity contribution in [3.63, 3.8) is 0 Å². The molecule has 2 aromatic carbocycles. The molecule has 0 amide bonds. The molecular formula is C20H21INO. The molecule has 2 nitrogen and oxygen atoms in total. The van der Waals surface area contributed by atoms with Gasteiger partial charge in [0.1, 0.15) is 0 Å². The van der Waals surface area contributed by atoms with Crippen molar-refractivity contribution in [3.8, 4) is 0 Å². The fourth-order valence-corrected chi connectivity index (χ4v) is 4.90. The standard InChI is InChI=1S/C20H21INO/c1-19(2)18(15-10-6-4-7-11-15)17(14-21)20(3,22(19)23)16-12-8-5-9-13-16/h4-13H,14H2,1-3H3. The molecule has 1 aliphatic rings. The first-order chi connectivity index (χ1) is 10.9. The molecule has 0 saturated heterocycles. The summed E-state index contributed by atoms with van der Waals surface area (Å²) in [5.41, 5.74) is 3.37. The number of halogens is 1. The molecule has 1 atom stereocenters. The van der Waals surface area contributed by atoms with Crippen molar-refractivity contribution < 1.29 is 5.21 Å². The van der Waals surface area contributed by atoms with E-state index in [0.29, 0.717) is 0 Å². The van der Waals surface area contributed by atoms with Gasteiger partial charge in [-0.15, -0.1) is 10.3 Å². The van der Waals surface area contributed by atoms with Crippen molar-refractivity contribution in [3.05, 3.63) is 77.4 Å². The van der Waals surface area contributed by atoms with Crippen LogP contribution in [0.2, 0.25) is 0 Å². The third kappa shape index (κ3) is 2.46. The highest BCUT2D eigenvalue weighted by molar-refractivity contribution is 14.1. The predicted octanol–water partition coefficient (Wildman–Crippen LogP) is 5.23. The lowest BCUT2D eigenvalue weighted by Gasteiger charge is -2.37. The normalized spacial score (nSPS) is 24.2. The van der Waals surface area contributed by atoms with Gasteiger partial charge in [-0.25, -0.2) is 0 Å². The van der Waals surface area contributed by atoms with E-state index in [4.69, 9.17) is 0 Å². The Kier molecular flexibility index (Phi) is 4.38. The number of benzene rings is 2. The Hall–Kier alpha value is -1.17. The largest absolute Gasteiger partial charge is 0.131 e. The SMILES string of the molecule is CC1(C)C(c2ccccc2)=C(CI)C(C)(c2ccccc2)N1[O]. The highest BCUT2D eigenvalue weighted by atomic mass is 127. The van der Waals surface area contributed by atoms with Crippen molar-refractivity contribution in [2.75, 3.05) is 4.43 Å². The molecule has 1 unspecified atom stereocenters. The summed E-state index contributed by atoms with van der Waals surface area (Å²) in [6, 6.07) is 20.4. The predicted molar refractivity (Wildman–Crippen MR) is 103 cm³/mol. The molecular weight excluding hydrogens is 397 g/mol. The van der Waals surface area contributed by atoms with E-state index in [0.717, 1.165) is 21.1 Å². The molecule has 0 spiro atoms. The second kappa shape index (κ2) is 6.04. The molecule has 0 saturated carbocycles. The Bertz CT molecular complexity index is 724. The lowest BCUT2D eigenvalue weighted by molar-refractivity contribution is -0.244. The first kappa shape index (κ1) is 16.7. The van der Waals surface area contributed by atoms with Gasteiger partial charge in [-0.05, 0) is 43.0 Å². The lowest BCUT2D eigenvalue weighted by Crippen LogP contribution is -2.47. The van der Waals surface area contributed by atoms with Gasteiger partial charge in [0, 0.05) is 4.43 Å². The zero-order valence-corrected chi connectivity index (χ0v) is 15.9. The van der Waals surface area contributed by atoms with Crippen LogP contribution in [-0.4, -0.2) is 15.0 Å². The van der Waals surface area contributed by atoms with Gasteiger partial charge in [0.25, 0.3) is 0 Å². The number of hydrogen-bond donors (Lipinski definition) is 0. The highest BCUT2D eigenvalue weighted by Gasteiger charge is 2.54. The zero-order chi connectivity index (χ0) is 16.7. The van der Waals surface area contributed by atoms with Crippen LogP contribution >= 0.6 is 22.6 Å². The molecule has 1 aliphatic heterocycles. The fourth-order valence-electron chi connectivity index (χ4n) is 3.78. The topological polar surface area (TPSA) is 23.1 Å². The quantitative estimate of drug-likeness (QED) is 0.495. The van der Waals surface area contributed by atoms with Crippen molar-refractivity contribution in [2.24, 2.45) is 0 Å². The van der Waals surface area contributed by atoms with Gasteiger partial charge in [-0.1, -0.05) is 83.3 Å². The number of rotatable bonds is 3. The summed E-state index contributed by atoms with van der Waals surface area (Å²) < 4.78 is 0.829. The summed E-state index contributed by atoms with van der Waals surface area (Å²) in [5.74, 6) is 0. The summed E-state index contributed by atoms with van der Waals surface area (Å²) >= 11 is 2.39. The minimum atomic E-state index is -0.628. The van der Waals surface area contributed by atoms with E-state index in [1.165, 1.54) is 10.6 Å². The van der Waals surface area contributed by atoms with Crippen molar-refractivity contribution in [2.45, 2.75) is 31.8 Å². The Labute approximate surface area is 151 Å². The van der Waals surface area contributed by atoms with Gasteiger partial charge in [0.15, 0.2) is 0 Å². The third-order valence-corrected chi connectivity index (χ3v) is 5.71. The summed E-state index contributed by atoms with van der Waals surface area (Å²) in [4.78, 5) is 0. The van der Waals surface area contributed by atoms with E-state index in [2.05, 4.69) is 53.8 Å². The third-order valence-electron chi connectivity index (χ3n) is 4.95. The van der Waals surface area contributed by atoms with Gasteiger partial charge in [-0.2, -0.15) is 0 Å². The molecule has 3 heteroatoms. The van der Waals surface area contributed by atoms with Gasteiger partial charge < -0.3 is 0 Å². The molecule has 0 N–H and O–H groups in total. The fraction of sp³-hybridized carbons (Fsp3) is 0.300. The monoisotopic (exact) mass is 418 g/mol. The van der Waals surface area contributed by atoms with E-state index in [9.17, 15) is 5.21 Å². The number of alkyl halides is 1. The summed E-state index contributed by atoms with van der Waals surface area (Å²) in [7, 11) is 0.